The van der Waals surface area contributed by atoms with Crippen molar-refractivity contribution in [1.82, 2.24) is 4.98 Å². The van der Waals surface area contributed by atoms with Crippen molar-refractivity contribution >= 4 is 11.6 Å². The second kappa shape index (κ2) is 4.32. The lowest BCUT2D eigenvalue weighted by atomic mass is 10.3. The molecule has 2 aromatic rings. The molecule has 0 saturated carbocycles. The van der Waals surface area contributed by atoms with E-state index in [0.29, 0.717) is 5.89 Å². The quantitative estimate of drug-likeness (QED) is 0.874. The summed E-state index contributed by atoms with van der Waals surface area (Å²) >= 11 is 0. The van der Waals surface area contributed by atoms with Gasteiger partial charge in [0, 0.05) is 6.92 Å². The topological polar surface area (TPSA) is 55.1 Å². The van der Waals surface area contributed by atoms with Crippen LogP contribution in [0.3, 0.4) is 0 Å². The second-order valence-corrected chi connectivity index (χ2v) is 3.29. The molecule has 0 radical (unpaired) electrons. The minimum absolute atomic E-state index is 0.106. The molecule has 0 unspecified atom stereocenters. The standard InChI is InChI=1S/C11H8F2N2O2/c1-6-14-5-9(17-6)11(16)15-10-7(12)3-2-4-8(10)13/h2-5H,1H3,(H,15,16). The van der Waals surface area contributed by atoms with Crippen LogP contribution in [0.2, 0.25) is 0 Å². The van der Waals surface area contributed by atoms with Gasteiger partial charge in [0.25, 0.3) is 5.91 Å². The molecule has 0 atom stereocenters. The maximum absolute atomic E-state index is 13.2. The predicted octanol–water partition coefficient (Wildman–Crippen LogP) is 2.51. The SMILES string of the molecule is Cc1ncc(C(=O)Nc2c(F)cccc2F)o1. The number of aromatic nitrogens is 1. The molecule has 17 heavy (non-hydrogen) atoms. The van der Waals surface area contributed by atoms with Gasteiger partial charge in [0.1, 0.15) is 17.3 Å². The lowest BCUT2D eigenvalue weighted by Crippen LogP contribution is -2.13. The highest BCUT2D eigenvalue weighted by molar-refractivity contribution is 6.02. The van der Waals surface area contributed by atoms with Crippen molar-refractivity contribution in [2.24, 2.45) is 0 Å². The number of rotatable bonds is 2. The van der Waals surface area contributed by atoms with Crippen LogP contribution >= 0.6 is 0 Å². The molecule has 4 nitrogen and oxygen atoms in total. The van der Waals surface area contributed by atoms with Gasteiger partial charge in [-0.05, 0) is 12.1 Å². The summed E-state index contributed by atoms with van der Waals surface area (Å²) in [7, 11) is 0. The molecule has 6 heteroatoms. The third kappa shape index (κ3) is 2.30. The van der Waals surface area contributed by atoms with Crippen molar-refractivity contribution in [1.29, 1.82) is 0 Å². The van der Waals surface area contributed by atoms with Crippen LogP contribution in [0.15, 0.2) is 28.8 Å². The third-order valence-electron chi connectivity index (χ3n) is 2.05. The number of oxazole rings is 1. The molecule has 0 fully saturated rings. The summed E-state index contributed by atoms with van der Waals surface area (Å²) in [5, 5.41) is 2.09. The molecule has 1 aromatic heterocycles. The fraction of sp³-hybridized carbons (Fsp3) is 0.0909. The van der Waals surface area contributed by atoms with Crippen LogP contribution in [0.1, 0.15) is 16.4 Å². The minimum Gasteiger partial charge on any atom is -0.436 e. The predicted molar refractivity (Wildman–Crippen MR) is 55.6 cm³/mol. The van der Waals surface area contributed by atoms with E-state index in [2.05, 4.69) is 10.3 Å². The maximum Gasteiger partial charge on any atom is 0.293 e. The van der Waals surface area contributed by atoms with Crippen LogP contribution in [0.4, 0.5) is 14.5 Å². The fourth-order valence-electron chi connectivity index (χ4n) is 1.26. The smallest absolute Gasteiger partial charge is 0.293 e. The molecule has 1 heterocycles. The van der Waals surface area contributed by atoms with E-state index in [1.807, 2.05) is 0 Å². The second-order valence-electron chi connectivity index (χ2n) is 3.29. The Hall–Kier alpha value is -2.24. The normalized spacial score (nSPS) is 10.3. The Morgan fingerprint density at radius 1 is 1.35 bits per heavy atom. The van der Waals surface area contributed by atoms with E-state index in [1.165, 1.54) is 12.3 Å². The Bertz CT molecular complexity index is 546. The Morgan fingerprint density at radius 2 is 2.00 bits per heavy atom. The molecule has 2 rings (SSSR count). The van der Waals surface area contributed by atoms with Crippen molar-refractivity contribution in [3.63, 3.8) is 0 Å². The highest BCUT2D eigenvalue weighted by Crippen LogP contribution is 2.19. The number of hydrogen-bond donors (Lipinski definition) is 1. The summed E-state index contributed by atoms with van der Waals surface area (Å²) < 4.78 is 31.4. The lowest BCUT2D eigenvalue weighted by Gasteiger charge is -2.05. The van der Waals surface area contributed by atoms with Crippen molar-refractivity contribution in [3.8, 4) is 0 Å². The first-order chi connectivity index (χ1) is 8.08. The number of halogens is 2. The summed E-state index contributed by atoms with van der Waals surface area (Å²) in [6.07, 6.45) is 1.18. The first-order valence-corrected chi connectivity index (χ1v) is 4.75. The van der Waals surface area contributed by atoms with Crippen molar-refractivity contribution < 1.29 is 18.0 Å². The summed E-state index contributed by atoms with van der Waals surface area (Å²) in [6, 6.07) is 3.30. The Balaban J connectivity index is 2.24. The van der Waals surface area contributed by atoms with Crippen LogP contribution in [-0.2, 0) is 0 Å². The van der Waals surface area contributed by atoms with Gasteiger partial charge in [-0.25, -0.2) is 13.8 Å². The summed E-state index contributed by atoms with van der Waals surface area (Å²) in [6.45, 7) is 1.56. The zero-order valence-corrected chi connectivity index (χ0v) is 8.83. The van der Waals surface area contributed by atoms with E-state index in [4.69, 9.17) is 4.42 Å². The molecule has 1 N–H and O–H groups in total. The largest absolute Gasteiger partial charge is 0.436 e. The minimum atomic E-state index is -0.852. The Labute approximate surface area is 95.3 Å². The molecule has 1 amide bonds. The van der Waals surface area contributed by atoms with Crippen LogP contribution in [-0.4, -0.2) is 10.9 Å². The van der Waals surface area contributed by atoms with E-state index >= 15 is 0 Å². The summed E-state index contributed by atoms with van der Waals surface area (Å²) in [4.78, 5) is 15.3. The van der Waals surface area contributed by atoms with E-state index in [1.54, 1.807) is 6.92 Å². The molecule has 0 saturated heterocycles. The maximum atomic E-state index is 13.2. The number of carbonyl (C=O) groups excluding carboxylic acids is 1. The molecule has 0 aliphatic carbocycles. The van der Waals surface area contributed by atoms with E-state index in [-0.39, 0.29) is 5.76 Å². The highest BCUT2D eigenvalue weighted by Gasteiger charge is 2.16. The Morgan fingerprint density at radius 3 is 2.53 bits per heavy atom. The molecule has 1 aromatic carbocycles. The van der Waals surface area contributed by atoms with E-state index < -0.39 is 23.2 Å². The molecule has 0 spiro atoms. The number of nitrogens with one attached hydrogen (secondary N) is 1. The Kier molecular flexibility index (Phi) is 2.86. The average Bonchev–Trinajstić information content (AvgIpc) is 2.70. The van der Waals surface area contributed by atoms with Gasteiger partial charge in [-0.1, -0.05) is 6.07 Å². The van der Waals surface area contributed by atoms with Gasteiger partial charge in [-0.3, -0.25) is 4.79 Å². The van der Waals surface area contributed by atoms with Gasteiger partial charge in [0.05, 0.1) is 6.20 Å². The van der Waals surface area contributed by atoms with Gasteiger partial charge < -0.3 is 9.73 Å². The number of para-hydroxylation sites is 1. The molecule has 0 aliphatic rings. The zero-order chi connectivity index (χ0) is 12.4. The lowest BCUT2D eigenvalue weighted by molar-refractivity contribution is 0.0994. The number of amides is 1. The molecule has 0 bridgehead atoms. The molecular formula is C11H8F2N2O2. The number of aryl methyl sites for hydroxylation is 1. The first-order valence-electron chi connectivity index (χ1n) is 4.75. The average molecular weight is 238 g/mol. The van der Waals surface area contributed by atoms with Crippen LogP contribution in [0.5, 0.6) is 0 Å². The fourth-order valence-corrected chi connectivity index (χ4v) is 1.26. The van der Waals surface area contributed by atoms with Crippen LogP contribution < -0.4 is 5.32 Å². The third-order valence-corrected chi connectivity index (χ3v) is 2.05. The number of carbonyl (C=O) groups is 1. The van der Waals surface area contributed by atoms with Crippen LogP contribution in [0, 0.1) is 18.6 Å². The van der Waals surface area contributed by atoms with Crippen molar-refractivity contribution in [2.45, 2.75) is 6.92 Å². The van der Waals surface area contributed by atoms with Gasteiger partial charge in [-0.15, -0.1) is 0 Å². The number of hydrogen-bond acceptors (Lipinski definition) is 3. The van der Waals surface area contributed by atoms with Crippen molar-refractivity contribution in [2.75, 3.05) is 5.32 Å². The zero-order valence-electron chi connectivity index (χ0n) is 8.83. The first kappa shape index (κ1) is 11.3. The van der Waals surface area contributed by atoms with E-state index in [9.17, 15) is 13.6 Å². The number of nitrogens with zero attached hydrogens (tertiary/aromatic N) is 1. The van der Waals surface area contributed by atoms with Gasteiger partial charge in [-0.2, -0.15) is 0 Å². The molecule has 0 aliphatic heterocycles. The van der Waals surface area contributed by atoms with Gasteiger partial charge >= 0.3 is 0 Å². The monoisotopic (exact) mass is 238 g/mol. The molecule has 88 valence electrons. The molecular weight excluding hydrogens is 230 g/mol. The van der Waals surface area contributed by atoms with E-state index in [0.717, 1.165) is 12.1 Å². The number of anilines is 1. The highest BCUT2D eigenvalue weighted by atomic mass is 19.1. The van der Waals surface area contributed by atoms with Gasteiger partial charge in [0.15, 0.2) is 5.89 Å². The van der Waals surface area contributed by atoms with Crippen LogP contribution in [0.25, 0.3) is 0 Å². The van der Waals surface area contributed by atoms with Crippen molar-refractivity contribution in [3.05, 3.63) is 47.7 Å². The van der Waals surface area contributed by atoms with Gasteiger partial charge in [0.2, 0.25) is 5.76 Å². The summed E-state index contributed by atoms with van der Waals surface area (Å²) in [5.41, 5.74) is -0.508. The number of benzene rings is 1. The summed E-state index contributed by atoms with van der Waals surface area (Å²) in [5.74, 6) is -2.27.